The molecule has 38 heavy (non-hydrogen) atoms. The number of amides is 2. The number of anilines is 1. The molecule has 2 amide bonds. The summed E-state index contributed by atoms with van der Waals surface area (Å²) in [7, 11) is -2.16. The van der Waals surface area contributed by atoms with Crippen molar-refractivity contribution in [3.8, 4) is 5.75 Å². The number of hydrogen-bond acceptors (Lipinski definition) is 5. The number of carbonyl (C=O) groups is 2. The van der Waals surface area contributed by atoms with Gasteiger partial charge in [0.2, 0.25) is 21.8 Å². The molecule has 210 valence electrons. The van der Waals surface area contributed by atoms with Gasteiger partial charge < -0.3 is 15.0 Å². The second kappa shape index (κ2) is 13.3. The van der Waals surface area contributed by atoms with E-state index >= 15 is 0 Å². The maximum atomic E-state index is 13.6. The molecule has 0 aromatic heterocycles. The first kappa shape index (κ1) is 31.4. The van der Waals surface area contributed by atoms with E-state index in [1.54, 1.807) is 17.0 Å². The van der Waals surface area contributed by atoms with Crippen molar-refractivity contribution in [2.75, 3.05) is 24.2 Å². The number of carbonyl (C=O) groups excluding carboxylic acids is 2. The predicted octanol–water partition coefficient (Wildman–Crippen LogP) is 4.93. The van der Waals surface area contributed by atoms with Crippen LogP contribution in [0.25, 0.3) is 0 Å². The largest absolute Gasteiger partial charge is 0.495 e. The van der Waals surface area contributed by atoms with Crippen LogP contribution in [-0.4, -0.2) is 56.6 Å². The van der Waals surface area contributed by atoms with Crippen molar-refractivity contribution in [1.82, 2.24) is 10.2 Å². The molecule has 2 rings (SSSR count). The Morgan fingerprint density at radius 3 is 2.32 bits per heavy atom. The molecule has 1 atom stereocenters. The second-order valence-corrected chi connectivity index (χ2v) is 12.7. The van der Waals surface area contributed by atoms with Gasteiger partial charge in [0.05, 0.1) is 24.1 Å². The third-order valence-electron chi connectivity index (χ3n) is 6.06. The lowest BCUT2D eigenvalue weighted by Crippen LogP contribution is -2.53. The summed E-state index contributed by atoms with van der Waals surface area (Å²) >= 11 is 6.22. The highest BCUT2D eigenvalue weighted by Crippen LogP contribution is 2.30. The molecule has 2 aromatic carbocycles. The van der Waals surface area contributed by atoms with Crippen molar-refractivity contribution < 1.29 is 22.7 Å². The van der Waals surface area contributed by atoms with Crippen molar-refractivity contribution in [2.45, 2.75) is 72.0 Å². The standard InChI is InChI=1S/C28H40ClN3O5S/c1-8-24(27(34)30-28(3,4)5)31(19-21-13-10-9-12-20(21)2)26(33)14-11-17-32(38(7,35)36)22-15-16-25(37-6)23(29)18-22/h9-10,12-13,15-16,18,24H,8,11,14,17,19H2,1-7H3,(H,30,34)/t24-/m0/s1. The molecule has 0 bridgehead atoms. The molecule has 0 saturated carbocycles. The highest BCUT2D eigenvalue weighted by Gasteiger charge is 2.31. The fourth-order valence-electron chi connectivity index (χ4n) is 4.16. The Bertz CT molecular complexity index is 1230. The number of nitrogens with one attached hydrogen (secondary N) is 1. The van der Waals surface area contributed by atoms with Crippen molar-refractivity contribution in [2.24, 2.45) is 0 Å². The topological polar surface area (TPSA) is 96.0 Å². The monoisotopic (exact) mass is 565 g/mol. The summed E-state index contributed by atoms with van der Waals surface area (Å²) in [6.45, 7) is 9.91. The Morgan fingerprint density at radius 1 is 1.13 bits per heavy atom. The van der Waals surface area contributed by atoms with E-state index in [9.17, 15) is 18.0 Å². The minimum Gasteiger partial charge on any atom is -0.495 e. The average Bonchev–Trinajstić information content (AvgIpc) is 2.80. The number of hydrogen-bond donors (Lipinski definition) is 1. The van der Waals surface area contributed by atoms with Gasteiger partial charge in [-0.25, -0.2) is 8.42 Å². The van der Waals surface area contributed by atoms with Crippen LogP contribution in [0.5, 0.6) is 5.75 Å². The van der Waals surface area contributed by atoms with Crippen LogP contribution in [0.2, 0.25) is 5.02 Å². The fraction of sp³-hybridized carbons (Fsp3) is 0.500. The Labute approximate surface area is 232 Å². The van der Waals surface area contributed by atoms with Crippen LogP contribution in [0.3, 0.4) is 0 Å². The first-order valence-electron chi connectivity index (χ1n) is 12.6. The summed E-state index contributed by atoms with van der Waals surface area (Å²) in [6, 6.07) is 11.8. The maximum Gasteiger partial charge on any atom is 0.243 e. The lowest BCUT2D eigenvalue weighted by molar-refractivity contribution is -0.142. The minimum absolute atomic E-state index is 0.0705. The molecule has 0 saturated heterocycles. The quantitative estimate of drug-likeness (QED) is 0.394. The zero-order chi connectivity index (χ0) is 28.7. The summed E-state index contributed by atoms with van der Waals surface area (Å²) in [4.78, 5) is 28.4. The molecule has 0 spiro atoms. The molecule has 0 aliphatic rings. The van der Waals surface area contributed by atoms with Gasteiger partial charge in [-0.05, 0) is 69.9 Å². The summed E-state index contributed by atoms with van der Waals surface area (Å²) in [6.07, 6.45) is 1.89. The maximum absolute atomic E-state index is 13.6. The molecule has 1 N–H and O–H groups in total. The highest BCUT2D eigenvalue weighted by atomic mass is 35.5. The van der Waals surface area contributed by atoms with Crippen LogP contribution in [0, 0.1) is 6.92 Å². The molecule has 0 aliphatic heterocycles. The van der Waals surface area contributed by atoms with Crippen molar-refractivity contribution >= 4 is 39.1 Å². The molecule has 0 radical (unpaired) electrons. The van der Waals surface area contributed by atoms with Gasteiger partial charge >= 0.3 is 0 Å². The Hall–Kier alpha value is -2.78. The number of rotatable bonds is 12. The van der Waals surface area contributed by atoms with Gasteiger partial charge in [0.15, 0.2) is 0 Å². The molecular weight excluding hydrogens is 526 g/mol. The first-order valence-corrected chi connectivity index (χ1v) is 14.9. The van der Waals surface area contributed by atoms with Crippen molar-refractivity contribution in [3.05, 3.63) is 58.6 Å². The number of sulfonamides is 1. The third-order valence-corrected chi connectivity index (χ3v) is 7.55. The number of nitrogens with zero attached hydrogens (tertiary/aromatic N) is 2. The molecule has 0 aliphatic carbocycles. The summed E-state index contributed by atoms with van der Waals surface area (Å²) in [5.41, 5.74) is 1.92. The summed E-state index contributed by atoms with van der Waals surface area (Å²) in [5.74, 6) is 0.00276. The van der Waals surface area contributed by atoms with E-state index in [1.165, 1.54) is 17.5 Å². The van der Waals surface area contributed by atoms with E-state index < -0.39 is 21.6 Å². The van der Waals surface area contributed by atoms with Crippen molar-refractivity contribution in [1.29, 1.82) is 0 Å². The molecule has 0 fully saturated rings. The number of benzene rings is 2. The predicted molar refractivity (Wildman–Crippen MR) is 153 cm³/mol. The van der Waals surface area contributed by atoms with E-state index in [0.29, 0.717) is 17.9 Å². The van der Waals surface area contributed by atoms with E-state index in [-0.39, 0.29) is 42.8 Å². The van der Waals surface area contributed by atoms with E-state index in [1.807, 2.05) is 58.9 Å². The number of halogens is 1. The minimum atomic E-state index is -3.64. The highest BCUT2D eigenvalue weighted by molar-refractivity contribution is 7.92. The third kappa shape index (κ3) is 8.91. The van der Waals surface area contributed by atoms with Crippen LogP contribution < -0.4 is 14.4 Å². The van der Waals surface area contributed by atoms with Crippen LogP contribution in [0.1, 0.15) is 58.1 Å². The van der Waals surface area contributed by atoms with Gasteiger partial charge in [0.1, 0.15) is 11.8 Å². The molecule has 2 aromatic rings. The van der Waals surface area contributed by atoms with Crippen LogP contribution >= 0.6 is 11.6 Å². The Kier molecular flexibility index (Phi) is 11.0. The van der Waals surface area contributed by atoms with Gasteiger partial charge in [-0.1, -0.05) is 42.8 Å². The van der Waals surface area contributed by atoms with Gasteiger partial charge in [-0.3, -0.25) is 13.9 Å². The van der Waals surface area contributed by atoms with Gasteiger partial charge in [-0.15, -0.1) is 0 Å². The summed E-state index contributed by atoms with van der Waals surface area (Å²) < 4.78 is 31.5. The zero-order valence-corrected chi connectivity index (χ0v) is 24.9. The Balaban J connectivity index is 2.27. The first-order chi connectivity index (χ1) is 17.7. The smallest absolute Gasteiger partial charge is 0.243 e. The summed E-state index contributed by atoms with van der Waals surface area (Å²) in [5, 5.41) is 3.28. The lowest BCUT2D eigenvalue weighted by Gasteiger charge is -2.33. The molecule has 0 unspecified atom stereocenters. The molecular formula is C28H40ClN3O5S. The van der Waals surface area contributed by atoms with Crippen LogP contribution in [0.15, 0.2) is 42.5 Å². The molecule has 10 heteroatoms. The fourth-order valence-corrected chi connectivity index (χ4v) is 5.37. The lowest BCUT2D eigenvalue weighted by atomic mass is 10.0. The number of ether oxygens (including phenoxy) is 1. The average molecular weight is 566 g/mol. The van der Waals surface area contributed by atoms with Gasteiger partial charge in [0, 0.05) is 25.0 Å². The normalized spacial score (nSPS) is 12.5. The SMILES string of the molecule is CC[C@@H](C(=O)NC(C)(C)C)N(Cc1ccccc1C)C(=O)CCCN(c1ccc(OC)c(Cl)c1)S(C)(=O)=O. The molecule has 8 nitrogen and oxygen atoms in total. The van der Waals surface area contributed by atoms with E-state index in [0.717, 1.165) is 17.4 Å². The van der Waals surface area contributed by atoms with Gasteiger partial charge in [0.25, 0.3) is 0 Å². The second-order valence-electron chi connectivity index (χ2n) is 10.4. The van der Waals surface area contributed by atoms with E-state index in [2.05, 4.69) is 5.32 Å². The Morgan fingerprint density at radius 2 is 1.79 bits per heavy atom. The van der Waals surface area contributed by atoms with Crippen LogP contribution in [0.4, 0.5) is 5.69 Å². The molecule has 0 heterocycles. The number of methoxy groups -OCH3 is 1. The van der Waals surface area contributed by atoms with Crippen molar-refractivity contribution in [3.63, 3.8) is 0 Å². The van der Waals surface area contributed by atoms with Crippen LogP contribution in [-0.2, 0) is 26.2 Å². The van der Waals surface area contributed by atoms with Gasteiger partial charge in [-0.2, -0.15) is 0 Å². The number of aryl methyl sites for hydroxylation is 1. The van der Waals surface area contributed by atoms with E-state index in [4.69, 9.17) is 16.3 Å². The zero-order valence-electron chi connectivity index (χ0n) is 23.4.